The number of sulfonamides is 1. The Hall–Kier alpha value is -3.21. The smallest absolute Gasteiger partial charge is 0.339 e. The van der Waals surface area contributed by atoms with E-state index in [0.717, 1.165) is 10.5 Å². The van der Waals surface area contributed by atoms with Gasteiger partial charge in [-0.15, -0.1) is 0 Å². The molecule has 0 aliphatic carbocycles. The second-order valence-electron chi connectivity index (χ2n) is 6.25. The topological polar surface area (TPSA) is 119 Å². The van der Waals surface area contributed by atoms with Crippen LogP contribution in [0.5, 0.6) is 0 Å². The van der Waals surface area contributed by atoms with Crippen molar-refractivity contribution < 1.29 is 27.2 Å². The second kappa shape index (κ2) is 9.73. The molecular formula is C20H18ClN3O6S. The first-order valence-electron chi connectivity index (χ1n) is 8.92. The minimum absolute atomic E-state index is 0.133. The van der Waals surface area contributed by atoms with Gasteiger partial charge in [-0.2, -0.15) is 4.31 Å². The van der Waals surface area contributed by atoms with Gasteiger partial charge in [-0.1, -0.05) is 23.7 Å². The van der Waals surface area contributed by atoms with Crippen molar-refractivity contribution >= 4 is 39.2 Å². The number of benzene rings is 1. The number of rotatable bonds is 8. The van der Waals surface area contributed by atoms with Crippen LogP contribution in [0.4, 0.5) is 5.69 Å². The molecule has 162 valence electrons. The summed E-state index contributed by atoms with van der Waals surface area (Å²) in [5.74, 6) is -0.954. The van der Waals surface area contributed by atoms with Crippen LogP contribution < -0.4 is 5.32 Å². The zero-order valence-corrected chi connectivity index (χ0v) is 17.9. The van der Waals surface area contributed by atoms with Crippen molar-refractivity contribution in [1.82, 2.24) is 9.29 Å². The van der Waals surface area contributed by atoms with Crippen molar-refractivity contribution in [2.45, 2.75) is 11.4 Å². The molecule has 2 heterocycles. The number of ether oxygens (including phenoxy) is 1. The second-order valence-corrected chi connectivity index (χ2v) is 8.58. The molecule has 3 aromatic rings. The molecule has 3 rings (SSSR count). The molecule has 1 aromatic carbocycles. The number of furan rings is 1. The van der Waals surface area contributed by atoms with Gasteiger partial charge in [0.25, 0.3) is 0 Å². The normalized spacial score (nSPS) is 11.3. The summed E-state index contributed by atoms with van der Waals surface area (Å²) in [5, 5.41) is 2.69. The monoisotopic (exact) mass is 463 g/mol. The molecule has 11 heteroatoms. The summed E-state index contributed by atoms with van der Waals surface area (Å²) in [7, 11) is -2.89. The molecule has 0 fully saturated rings. The van der Waals surface area contributed by atoms with E-state index in [1.807, 2.05) is 0 Å². The molecule has 0 aliphatic heterocycles. The highest BCUT2D eigenvalue weighted by atomic mass is 35.5. The first kappa shape index (κ1) is 22.5. The Labute approximate surface area is 183 Å². The number of nitrogens with one attached hydrogen (secondary N) is 1. The van der Waals surface area contributed by atoms with Gasteiger partial charge >= 0.3 is 5.97 Å². The van der Waals surface area contributed by atoms with E-state index in [9.17, 15) is 18.0 Å². The van der Waals surface area contributed by atoms with Crippen molar-refractivity contribution in [2.75, 3.05) is 19.0 Å². The van der Waals surface area contributed by atoms with Crippen molar-refractivity contribution in [3.63, 3.8) is 0 Å². The molecule has 0 atom stereocenters. The molecule has 0 saturated heterocycles. The van der Waals surface area contributed by atoms with Gasteiger partial charge in [0.1, 0.15) is 15.8 Å². The summed E-state index contributed by atoms with van der Waals surface area (Å²) in [6.45, 7) is -0.731. The van der Waals surface area contributed by atoms with Gasteiger partial charge in [0.15, 0.2) is 0 Å². The number of nitrogens with zero attached hydrogens (tertiary/aromatic N) is 2. The van der Waals surface area contributed by atoms with Crippen molar-refractivity contribution in [2.24, 2.45) is 0 Å². The minimum atomic E-state index is -4.11. The van der Waals surface area contributed by atoms with Crippen molar-refractivity contribution in [1.29, 1.82) is 0 Å². The highest BCUT2D eigenvalue weighted by Gasteiger charge is 2.28. The number of hydrogen-bond acceptors (Lipinski definition) is 7. The Morgan fingerprint density at radius 3 is 2.58 bits per heavy atom. The van der Waals surface area contributed by atoms with Crippen LogP contribution in [0, 0.1) is 0 Å². The van der Waals surface area contributed by atoms with Crippen LogP contribution in [-0.2, 0) is 26.1 Å². The molecule has 1 N–H and O–H groups in total. The molecular weight excluding hydrogens is 446 g/mol. The van der Waals surface area contributed by atoms with Gasteiger partial charge in [0, 0.05) is 6.20 Å². The van der Waals surface area contributed by atoms with Gasteiger partial charge in [-0.05, 0) is 36.4 Å². The van der Waals surface area contributed by atoms with Crippen LogP contribution in [0.1, 0.15) is 16.1 Å². The van der Waals surface area contributed by atoms with Crippen LogP contribution in [0.15, 0.2) is 70.3 Å². The maximum Gasteiger partial charge on any atom is 0.339 e. The number of anilines is 1. The quantitative estimate of drug-likeness (QED) is 0.403. The number of methoxy groups -OCH3 is 1. The first-order chi connectivity index (χ1) is 14.8. The van der Waals surface area contributed by atoms with Gasteiger partial charge < -0.3 is 14.5 Å². The van der Waals surface area contributed by atoms with Gasteiger partial charge in [0.05, 0.1) is 37.7 Å². The summed E-state index contributed by atoms with van der Waals surface area (Å²) in [5.41, 5.74) is 0.337. The predicted octanol–water partition coefficient (Wildman–Crippen LogP) is 2.94. The lowest BCUT2D eigenvalue weighted by atomic mass is 10.2. The summed E-state index contributed by atoms with van der Waals surface area (Å²) in [6, 6.07) is 12.1. The van der Waals surface area contributed by atoms with Crippen LogP contribution in [0.3, 0.4) is 0 Å². The average Bonchev–Trinajstić information content (AvgIpc) is 3.26. The maximum absolute atomic E-state index is 13.1. The Balaban J connectivity index is 1.86. The fraction of sp³-hybridized carbons (Fsp3) is 0.150. The number of carbonyl (C=O) groups is 2. The van der Waals surface area contributed by atoms with Gasteiger partial charge in [-0.3, -0.25) is 4.79 Å². The van der Waals surface area contributed by atoms with Crippen LogP contribution in [0.25, 0.3) is 0 Å². The summed E-state index contributed by atoms with van der Waals surface area (Å²) in [4.78, 5) is 28.3. The number of esters is 1. The number of pyridine rings is 1. The number of aromatic nitrogens is 1. The standard InChI is InChI=1S/C20H18ClN3O6S/c1-29-20(26)16-6-2-3-7-17(16)23-19(25)13-24(12-14-5-4-10-30-14)31(27,28)15-8-9-18(21)22-11-15/h2-11H,12-13H2,1H3,(H,23,25). The fourth-order valence-electron chi connectivity index (χ4n) is 2.70. The molecule has 31 heavy (non-hydrogen) atoms. The van der Waals surface area contributed by atoms with E-state index >= 15 is 0 Å². The maximum atomic E-state index is 13.1. The van der Waals surface area contributed by atoms with E-state index in [1.165, 1.54) is 37.6 Å². The Morgan fingerprint density at radius 1 is 1.16 bits per heavy atom. The lowest BCUT2D eigenvalue weighted by molar-refractivity contribution is -0.116. The third kappa shape index (κ3) is 5.48. The van der Waals surface area contributed by atoms with E-state index in [2.05, 4.69) is 10.3 Å². The molecule has 0 saturated carbocycles. The number of carbonyl (C=O) groups excluding carboxylic acids is 2. The number of halogens is 1. The lowest BCUT2D eigenvalue weighted by Gasteiger charge is -2.21. The Bertz CT molecular complexity index is 1160. The molecule has 1 amide bonds. The van der Waals surface area contributed by atoms with Gasteiger partial charge in [-0.25, -0.2) is 18.2 Å². The first-order valence-corrected chi connectivity index (χ1v) is 10.7. The zero-order chi connectivity index (χ0) is 22.4. The SMILES string of the molecule is COC(=O)c1ccccc1NC(=O)CN(Cc1ccco1)S(=O)(=O)c1ccc(Cl)nc1. The molecule has 9 nitrogen and oxygen atoms in total. The Morgan fingerprint density at radius 2 is 1.94 bits per heavy atom. The van der Waals surface area contributed by atoms with E-state index in [4.69, 9.17) is 20.8 Å². The van der Waals surface area contributed by atoms with Gasteiger partial charge in [0.2, 0.25) is 15.9 Å². The molecule has 0 bridgehead atoms. The highest BCUT2D eigenvalue weighted by molar-refractivity contribution is 7.89. The van der Waals surface area contributed by atoms with Crippen LogP contribution >= 0.6 is 11.6 Å². The molecule has 0 radical (unpaired) electrons. The lowest BCUT2D eigenvalue weighted by Crippen LogP contribution is -2.37. The number of para-hydroxylation sites is 1. The molecule has 0 spiro atoms. The molecule has 0 unspecified atom stereocenters. The van der Waals surface area contributed by atoms with E-state index in [-0.39, 0.29) is 27.8 Å². The minimum Gasteiger partial charge on any atom is -0.468 e. The summed E-state index contributed by atoms with van der Waals surface area (Å²) in [6.07, 6.45) is 2.51. The third-order valence-electron chi connectivity index (χ3n) is 4.18. The Kier molecular flexibility index (Phi) is 7.06. The molecule has 2 aromatic heterocycles. The third-order valence-corrected chi connectivity index (χ3v) is 6.18. The fourth-order valence-corrected chi connectivity index (χ4v) is 4.12. The zero-order valence-electron chi connectivity index (χ0n) is 16.3. The number of amides is 1. The summed E-state index contributed by atoms with van der Waals surface area (Å²) < 4.78 is 37.1. The van der Waals surface area contributed by atoms with E-state index in [0.29, 0.717) is 5.76 Å². The van der Waals surface area contributed by atoms with E-state index in [1.54, 1.807) is 24.3 Å². The number of hydrogen-bond donors (Lipinski definition) is 1. The largest absolute Gasteiger partial charge is 0.468 e. The predicted molar refractivity (Wildman–Crippen MR) is 112 cm³/mol. The van der Waals surface area contributed by atoms with Crippen molar-refractivity contribution in [3.05, 3.63) is 77.5 Å². The van der Waals surface area contributed by atoms with Crippen LogP contribution in [0.2, 0.25) is 5.15 Å². The van der Waals surface area contributed by atoms with Crippen molar-refractivity contribution in [3.8, 4) is 0 Å². The van der Waals surface area contributed by atoms with E-state index < -0.39 is 28.4 Å². The van der Waals surface area contributed by atoms with Crippen LogP contribution in [-0.4, -0.2) is 43.2 Å². The molecule has 0 aliphatic rings. The average molecular weight is 464 g/mol. The highest BCUT2D eigenvalue weighted by Crippen LogP contribution is 2.21. The summed E-state index contributed by atoms with van der Waals surface area (Å²) >= 11 is 5.75.